The molecule has 0 radical (unpaired) electrons. The normalized spacial score (nSPS) is 13.9. The number of halogens is 2. The fourth-order valence-corrected chi connectivity index (χ4v) is 5.14. The molecule has 0 aliphatic carbocycles. The number of aryl methyl sites for hydroxylation is 2. The minimum Gasteiger partial charge on any atom is -0.489 e. The molecule has 3 aromatic carbocycles. The van der Waals surface area contributed by atoms with E-state index in [2.05, 4.69) is 10.6 Å². The monoisotopic (exact) mass is 602 g/mol. The number of benzene rings is 3. The first-order valence-electron chi connectivity index (χ1n) is 13.2. The SMILES string of the molecule is Cc1ccc(NC(=O)CN2C(=O)N/C(=C/c3cc(C)n(-c4ccc(OCc5ccc(Cl)cc5Cl)cc4)c3C)C2=O)cc1. The topological polar surface area (TPSA) is 92.7 Å². The van der Waals surface area contributed by atoms with Crippen LogP contribution in [0.2, 0.25) is 10.0 Å². The number of urea groups is 1. The number of carbonyl (C=O) groups excluding carboxylic acids is 3. The minimum absolute atomic E-state index is 0.105. The average Bonchev–Trinajstić information content (AvgIpc) is 3.38. The molecule has 1 aromatic heterocycles. The molecule has 0 bridgehead atoms. The van der Waals surface area contributed by atoms with Crippen LogP contribution in [0, 0.1) is 20.8 Å². The smallest absolute Gasteiger partial charge is 0.329 e. The quantitative estimate of drug-likeness (QED) is 0.171. The fraction of sp³-hybridized carbons (Fsp3) is 0.156. The van der Waals surface area contributed by atoms with Gasteiger partial charge in [-0.05, 0) is 87.0 Å². The molecule has 1 fully saturated rings. The zero-order chi connectivity index (χ0) is 30.0. The number of amides is 4. The number of imide groups is 1. The summed E-state index contributed by atoms with van der Waals surface area (Å²) < 4.78 is 7.94. The van der Waals surface area contributed by atoms with Gasteiger partial charge in [0, 0.05) is 38.4 Å². The molecule has 1 aliphatic heterocycles. The van der Waals surface area contributed by atoms with Gasteiger partial charge in [0.25, 0.3) is 5.91 Å². The third kappa shape index (κ3) is 6.35. The summed E-state index contributed by atoms with van der Waals surface area (Å²) in [7, 11) is 0. The van der Waals surface area contributed by atoms with Gasteiger partial charge in [-0.15, -0.1) is 0 Å². The Hall–Kier alpha value is -4.53. The van der Waals surface area contributed by atoms with Crippen LogP contribution in [0.4, 0.5) is 10.5 Å². The van der Waals surface area contributed by atoms with E-state index in [1.807, 2.05) is 73.9 Å². The zero-order valence-corrected chi connectivity index (χ0v) is 24.7. The molecule has 0 saturated carbocycles. The first kappa shape index (κ1) is 29.0. The number of nitrogens with zero attached hydrogens (tertiary/aromatic N) is 2. The Balaban J connectivity index is 1.27. The second-order valence-corrected chi connectivity index (χ2v) is 10.8. The van der Waals surface area contributed by atoms with Crippen molar-refractivity contribution >= 4 is 52.8 Å². The summed E-state index contributed by atoms with van der Waals surface area (Å²) in [6.07, 6.45) is 1.63. The van der Waals surface area contributed by atoms with E-state index in [1.54, 1.807) is 30.3 Å². The van der Waals surface area contributed by atoms with Crippen LogP contribution in [0.25, 0.3) is 11.8 Å². The van der Waals surface area contributed by atoms with E-state index in [0.717, 1.165) is 38.7 Å². The van der Waals surface area contributed by atoms with Gasteiger partial charge in [0.1, 0.15) is 24.6 Å². The zero-order valence-electron chi connectivity index (χ0n) is 23.2. The maximum absolute atomic E-state index is 13.0. The molecule has 214 valence electrons. The molecule has 0 unspecified atom stereocenters. The Morgan fingerprint density at radius 3 is 2.36 bits per heavy atom. The molecule has 1 saturated heterocycles. The summed E-state index contributed by atoms with van der Waals surface area (Å²) in [5.74, 6) is -0.350. The summed E-state index contributed by atoms with van der Waals surface area (Å²) in [5.41, 5.74) is 6.06. The molecule has 42 heavy (non-hydrogen) atoms. The van der Waals surface area contributed by atoms with Crippen LogP contribution in [0.3, 0.4) is 0 Å². The van der Waals surface area contributed by atoms with Crippen LogP contribution in [0.15, 0.2) is 78.5 Å². The lowest BCUT2D eigenvalue weighted by Crippen LogP contribution is -2.38. The number of rotatable bonds is 8. The summed E-state index contributed by atoms with van der Waals surface area (Å²) in [5, 5.41) is 6.42. The predicted octanol–water partition coefficient (Wildman–Crippen LogP) is 6.82. The van der Waals surface area contributed by atoms with Gasteiger partial charge in [-0.3, -0.25) is 9.59 Å². The van der Waals surface area contributed by atoms with Crippen LogP contribution in [0.5, 0.6) is 5.75 Å². The standard InChI is InChI=1S/C32H28Cl2N4O4/c1-19-4-8-25(9-5-19)35-30(39)17-37-31(40)29(36-32(37)41)15-23-14-20(2)38(21(23)3)26-10-12-27(13-11-26)42-18-22-6-7-24(33)16-28(22)34/h4-16H,17-18H2,1-3H3,(H,35,39)(H,36,41)/b29-15+. The van der Waals surface area contributed by atoms with E-state index >= 15 is 0 Å². The van der Waals surface area contributed by atoms with Gasteiger partial charge in [0.15, 0.2) is 0 Å². The second kappa shape index (κ2) is 12.1. The fourth-order valence-electron chi connectivity index (χ4n) is 4.67. The van der Waals surface area contributed by atoms with Crippen molar-refractivity contribution in [1.82, 2.24) is 14.8 Å². The van der Waals surface area contributed by atoms with Gasteiger partial charge in [-0.1, -0.05) is 47.0 Å². The lowest BCUT2D eigenvalue weighted by molar-refractivity contribution is -0.127. The third-order valence-electron chi connectivity index (χ3n) is 6.87. The van der Waals surface area contributed by atoms with E-state index in [1.165, 1.54) is 0 Å². The van der Waals surface area contributed by atoms with Crippen LogP contribution in [-0.2, 0) is 16.2 Å². The van der Waals surface area contributed by atoms with Crippen LogP contribution >= 0.6 is 23.2 Å². The maximum Gasteiger partial charge on any atom is 0.329 e. The number of nitrogens with one attached hydrogen (secondary N) is 2. The van der Waals surface area contributed by atoms with Crippen LogP contribution in [0.1, 0.15) is 28.1 Å². The first-order valence-corrected chi connectivity index (χ1v) is 13.9. The molecule has 0 spiro atoms. The molecular formula is C32H28Cl2N4O4. The van der Waals surface area contributed by atoms with E-state index in [0.29, 0.717) is 28.1 Å². The largest absolute Gasteiger partial charge is 0.489 e. The number of anilines is 1. The molecule has 0 atom stereocenters. The predicted molar refractivity (Wildman–Crippen MR) is 164 cm³/mol. The minimum atomic E-state index is -0.644. The van der Waals surface area contributed by atoms with Crippen molar-refractivity contribution in [2.75, 3.05) is 11.9 Å². The van der Waals surface area contributed by atoms with Gasteiger partial charge in [-0.25, -0.2) is 9.69 Å². The van der Waals surface area contributed by atoms with Gasteiger partial charge >= 0.3 is 6.03 Å². The van der Waals surface area contributed by atoms with E-state index in [4.69, 9.17) is 27.9 Å². The van der Waals surface area contributed by atoms with Crippen molar-refractivity contribution in [3.8, 4) is 11.4 Å². The van der Waals surface area contributed by atoms with Gasteiger partial charge in [0.05, 0.1) is 0 Å². The molecule has 1 aliphatic rings. The Labute approximate surface area is 253 Å². The first-order chi connectivity index (χ1) is 20.1. The third-order valence-corrected chi connectivity index (χ3v) is 7.46. The van der Waals surface area contributed by atoms with Crippen LogP contribution in [-0.4, -0.2) is 33.9 Å². The Bertz CT molecular complexity index is 1710. The van der Waals surface area contributed by atoms with E-state index in [9.17, 15) is 14.4 Å². The highest BCUT2D eigenvalue weighted by atomic mass is 35.5. The van der Waals surface area contributed by atoms with Gasteiger partial charge in [-0.2, -0.15) is 0 Å². The van der Waals surface area contributed by atoms with Crippen molar-refractivity contribution in [3.05, 3.63) is 117 Å². The molecule has 8 nitrogen and oxygen atoms in total. The number of hydrogen-bond acceptors (Lipinski definition) is 4. The highest BCUT2D eigenvalue weighted by molar-refractivity contribution is 6.35. The molecule has 10 heteroatoms. The van der Waals surface area contributed by atoms with Crippen LogP contribution < -0.4 is 15.4 Å². The van der Waals surface area contributed by atoms with E-state index < -0.39 is 24.4 Å². The van der Waals surface area contributed by atoms with Crippen molar-refractivity contribution in [2.45, 2.75) is 27.4 Å². The van der Waals surface area contributed by atoms with Crippen molar-refractivity contribution in [2.24, 2.45) is 0 Å². The average molecular weight is 604 g/mol. The van der Waals surface area contributed by atoms with E-state index in [-0.39, 0.29) is 5.70 Å². The molecular weight excluding hydrogens is 575 g/mol. The lowest BCUT2D eigenvalue weighted by Gasteiger charge is -2.12. The number of ether oxygens (including phenoxy) is 1. The van der Waals surface area contributed by atoms with Crippen molar-refractivity contribution in [1.29, 1.82) is 0 Å². The van der Waals surface area contributed by atoms with Gasteiger partial charge in [0.2, 0.25) is 5.91 Å². The summed E-state index contributed by atoms with van der Waals surface area (Å²) in [6.45, 7) is 5.74. The van der Waals surface area contributed by atoms with Crippen molar-refractivity contribution < 1.29 is 19.1 Å². The molecule has 2 N–H and O–H groups in total. The Morgan fingerprint density at radius 1 is 0.952 bits per heavy atom. The highest BCUT2D eigenvalue weighted by Gasteiger charge is 2.35. The highest BCUT2D eigenvalue weighted by Crippen LogP contribution is 2.27. The maximum atomic E-state index is 13.0. The molecule has 5 rings (SSSR count). The van der Waals surface area contributed by atoms with Gasteiger partial charge < -0.3 is 19.9 Å². The molecule has 4 amide bonds. The molecule has 4 aromatic rings. The Morgan fingerprint density at radius 2 is 1.67 bits per heavy atom. The number of hydrogen-bond donors (Lipinski definition) is 2. The van der Waals surface area contributed by atoms with Crippen molar-refractivity contribution in [3.63, 3.8) is 0 Å². The lowest BCUT2D eigenvalue weighted by atomic mass is 10.2. The summed E-state index contributed by atoms with van der Waals surface area (Å²) in [6, 6.07) is 21.4. The second-order valence-electron chi connectivity index (χ2n) is 9.97. The molecule has 2 heterocycles. The Kier molecular flexibility index (Phi) is 8.38. The summed E-state index contributed by atoms with van der Waals surface area (Å²) in [4.78, 5) is 39.0. The number of carbonyl (C=O) groups is 3. The number of aromatic nitrogens is 1. The summed E-state index contributed by atoms with van der Waals surface area (Å²) >= 11 is 12.2.